The van der Waals surface area contributed by atoms with Crippen molar-refractivity contribution in [2.24, 2.45) is 0 Å². The second kappa shape index (κ2) is 66.1. The number of esters is 1. The monoisotopic (exact) mass is 1080 g/mol. The lowest BCUT2D eigenvalue weighted by Crippen LogP contribution is -2.45. The second-order valence-electron chi connectivity index (χ2n) is 23.1. The van der Waals surface area contributed by atoms with Gasteiger partial charge in [0.15, 0.2) is 0 Å². The highest BCUT2D eigenvalue weighted by atomic mass is 16.5. The number of hydrogen-bond donors (Lipinski definition) is 3. The van der Waals surface area contributed by atoms with Crippen molar-refractivity contribution in [2.45, 2.75) is 366 Å². The molecule has 0 aliphatic rings. The first-order valence-electron chi connectivity index (χ1n) is 34.1. The number of carbonyl (C=O) groups excluding carboxylic acids is 2. The Balaban J connectivity index is 3.49. The van der Waals surface area contributed by atoms with Crippen LogP contribution in [0.25, 0.3) is 0 Å². The fraction of sp³-hybridized carbons (Fsp3) is 0.831. The summed E-state index contributed by atoms with van der Waals surface area (Å²) in [4.78, 5) is 24.6. The zero-order valence-corrected chi connectivity index (χ0v) is 51.4. The van der Waals surface area contributed by atoms with Crippen molar-refractivity contribution in [3.05, 3.63) is 60.8 Å². The molecule has 0 rings (SSSR count). The predicted molar refractivity (Wildman–Crippen MR) is 338 cm³/mol. The van der Waals surface area contributed by atoms with Gasteiger partial charge in [-0.25, -0.2) is 0 Å². The molecule has 0 saturated carbocycles. The Morgan fingerprint density at radius 1 is 0.364 bits per heavy atom. The second-order valence-corrected chi connectivity index (χ2v) is 23.1. The number of nitrogens with one attached hydrogen (secondary N) is 1. The van der Waals surface area contributed by atoms with Crippen molar-refractivity contribution in [1.29, 1.82) is 0 Å². The molecule has 0 aliphatic carbocycles. The molecule has 0 aromatic carbocycles. The van der Waals surface area contributed by atoms with Gasteiger partial charge in [-0.05, 0) is 96.3 Å². The van der Waals surface area contributed by atoms with Crippen LogP contribution in [0.15, 0.2) is 60.8 Å². The maximum Gasteiger partial charge on any atom is 0.305 e. The first kappa shape index (κ1) is 74.6. The molecule has 450 valence electrons. The molecule has 6 nitrogen and oxygen atoms in total. The van der Waals surface area contributed by atoms with Crippen LogP contribution in [0.2, 0.25) is 0 Å². The van der Waals surface area contributed by atoms with E-state index in [1.807, 2.05) is 6.08 Å². The van der Waals surface area contributed by atoms with E-state index in [-0.39, 0.29) is 18.5 Å². The van der Waals surface area contributed by atoms with Gasteiger partial charge in [-0.2, -0.15) is 0 Å². The van der Waals surface area contributed by atoms with Gasteiger partial charge in [-0.15, -0.1) is 0 Å². The molecule has 0 heterocycles. The first-order chi connectivity index (χ1) is 38.0. The van der Waals surface area contributed by atoms with Crippen molar-refractivity contribution in [3.8, 4) is 0 Å². The standard InChI is InChI=1S/C71H131NO5/c1-3-5-7-9-11-13-15-17-19-20-21-22-26-29-32-36-39-43-47-51-55-59-63-69(74)68(67-73)72-70(75)64-60-56-52-48-44-40-37-33-30-27-24-23-25-28-31-34-38-42-46-50-54-58-62-66-77-71(76)65-61-57-53-49-45-41-35-18-16-14-12-10-8-6-4-2/h12,14,18,23,25,27,30,35,59,63,68-69,73-74H,3-11,13,15-17,19-22,24,26,28-29,31-34,36-58,60-62,64-67H2,1-2H3,(H,72,75)/b14-12-,25-23-,30-27-,35-18-,63-59+. The van der Waals surface area contributed by atoms with Crippen LogP contribution in [-0.4, -0.2) is 47.4 Å². The number of hydrogen-bond acceptors (Lipinski definition) is 5. The smallest absolute Gasteiger partial charge is 0.305 e. The topological polar surface area (TPSA) is 95.9 Å². The van der Waals surface area contributed by atoms with E-state index >= 15 is 0 Å². The van der Waals surface area contributed by atoms with E-state index in [1.165, 1.54) is 257 Å². The lowest BCUT2D eigenvalue weighted by molar-refractivity contribution is -0.143. The van der Waals surface area contributed by atoms with Crippen LogP contribution in [0.5, 0.6) is 0 Å². The molecule has 0 spiro atoms. The Kier molecular flexibility index (Phi) is 64.0. The molecule has 3 N–H and O–H groups in total. The molecular formula is C71H131NO5. The molecule has 2 unspecified atom stereocenters. The van der Waals surface area contributed by atoms with Gasteiger partial charge in [0, 0.05) is 12.8 Å². The molecular weight excluding hydrogens is 947 g/mol. The van der Waals surface area contributed by atoms with Gasteiger partial charge >= 0.3 is 5.97 Å². The van der Waals surface area contributed by atoms with Gasteiger partial charge in [-0.1, -0.05) is 306 Å². The number of allylic oxidation sites excluding steroid dienone is 9. The number of unbranched alkanes of at least 4 members (excludes halogenated alkanes) is 44. The third kappa shape index (κ3) is 62.6. The van der Waals surface area contributed by atoms with Gasteiger partial charge < -0.3 is 20.3 Å². The predicted octanol–water partition coefficient (Wildman–Crippen LogP) is 21.9. The largest absolute Gasteiger partial charge is 0.466 e. The van der Waals surface area contributed by atoms with Gasteiger partial charge in [0.25, 0.3) is 0 Å². The summed E-state index contributed by atoms with van der Waals surface area (Å²) >= 11 is 0. The van der Waals surface area contributed by atoms with E-state index in [2.05, 4.69) is 67.8 Å². The van der Waals surface area contributed by atoms with Gasteiger partial charge in [0.2, 0.25) is 5.91 Å². The summed E-state index contributed by atoms with van der Waals surface area (Å²) in [5.41, 5.74) is 0. The van der Waals surface area contributed by atoms with Crippen LogP contribution >= 0.6 is 0 Å². The number of carbonyl (C=O) groups is 2. The zero-order valence-electron chi connectivity index (χ0n) is 51.4. The first-order valence-corrected chi connectivity index (χ1v) is 34.1. The van der Waals surface area contributed by atoms with Crippen molar-refractivity contribution in [2.75, 3.05) is 13.2 Å². The quantitative estimate of drug-likeness (QED) is 0.0320. The summed E-state index contributed by atoms with van der Waals surface area (Å²) in [5.74, 6) is -0.0840. The molecule has 0 aromatic heterocycles. The highest BCUT2D eigenvalue weighted by molar-refractivity contribution is 5.76. The highest BCUT2D eigenvalue weighted by Crippen LogP contribution is 2.17. The number of aliphatic hydroxyl groups is 2. The number of ether oxygens (including phenoxy) is 1. The molecule has 2 atom stereocenters. The van der Waals surface area contributed by atoms with E-state index in [0.29, 0.717) is 19.4 Å². The summed E-state index contributed by atoms with van der Waals surface area (Å²) in [6.07, 6.45) is 87.1. The summed E-state index contributed by atoms with van der Waals surface area (Å²) in [5, 5.41) is 23.2. The fourth-order valence-electron chi connectivity index (χ4n) is 10.3. The van der Waals surface area contributed by atoms with Crippen LogP contribution in [0, 0.1) is 0 Å². The molecule has 0 fully saturated rings. The van der Waals surface area contributed by atoms with Crippen molar-refractivity contribution >= 4 is 11.9 Å². The summed E-state index contributed by atoms with van der Waals surface area (Å²) < 4.78 is 5.47. The molecule has 6 heteroatoms. The van der Waals surface area contributed by atoms with Crippen molar-refractivity contribution < 1.29 is 24.5 Å². The Bertz CT molecular complexity index is 1340. The van der Waals surface area contributed by atoms with Crippen LogP contribution in [-0.2, 0) is 14.3 Å². The average Bonchev–Trinajstić information content (AvgIpc) is 3.43. The van der Waals surface area contributed by atoms with Crippen molar-refractivity contribution in [3.63, 3.8) is 0 Å². The minimum absolute atomic E-state index is 0.00768. The van der Waals surface area contributed by atoms with E-state index in [9.17, 15) is 19.8 Å². The fourth-order valence-corrected chi connectivity index (χ4v) is 10.3. The van der Waals surface area contributed by atoms with E-state index in [1.54, 1.807) is 6.08 Å². The van der Waals surface area contributed by atoms with Crippen molar-refractivity contribution in [1.82, 2.24) is 5.32 Å². The molecule has 0 bridgehead atoms. The molecule has 0 aliphatic heterocycles. The number of rotatable bonds is 63. The summed E-state index contributed by atoms with van der Waals surface area (Å²) in [7, 11) is 0. The molecule has 0 saturated heterocycles. The van der Waals surface area contributed by atoms with Crippen LogP contribution in [0.3, 0.4) is 0 Å². The molecule has 0 aromatic rings. The third-order valence-corrected chi connectivity index (χ3v) is 15.5. The lowest BCUT2D eigenvalue weighted by atomic mass is 10.0. The van der Waals surface area contributed by atoms with E-state index < -0.39 is 12.1 Å². The lowest BCUT2D eigenvalue weighted by Gasteiger charge is -2.20. The van der Waals surface area contributed by atoms with Gasteiger partial charge in [0.05, 0.1) is 25.4 Å². The summed E-state index contributed by atoms with van der Waals surface area (Å²) in [6, 6.07) is -0.638. The maximum atomic E-state index is 12.5. The number of amides is 1. The Morgan fingerprint density at radius 3 is 1.01 bits per heavy atom. The Hall–Kier alpha value is -2.44. The minimum Gasteiger partial charge on any atom is -0.466 e. The van der Waals surface area contributed by atoms with Crippen LogP contribution in [0.4, 0.5) is 0 Å². The maximum absolute atomic E-state index is 12.5. The molecule has 77 heavy (non-hydrogen) atoms. The van der Waals surface area contributed by atoms with Gasteiger partial charge in [0.1, 0.15) is 0 Å². The normalized spacial score (nSPS) is 12.9. The summed E-state index contributed by atoms with van der Waals surface area (Å²) in [6.45, 7) is 4.88. The SMILES string of the molecule is CCCCC/C=C\C/C=C\CCCCCCCC(=O)OCCCCCCCCCCC/C=C\C/C=C\CCCCCCCCCC(=O)NC(CO)C(O)/C=C/CCCCCCCCCCCCCCCCCCCCCC. The van der Waals surface area contributed by atoms with E-state index in [0.717, 1.165) is 70.6 Å². The Labute approximate surface area is 479 Å². The molecule has 1 amide bonds. The average molecular weight is 1080 g/mol. The highest BCUT2D eigenvalue weighted by Gasteiger charge is 2.18. The Morgan fingerprint density at radius 2 is 0.649 bits per heavy atom. The minimum atomic E-state index is -0.854. The zero-order chi connectivity index (χ0) is 55.7. The van der Waals surface area contributed by atoms with Gasteiger partial charge in [-0.3, -0.25) is 9.59 Å². The van der Waals surface area contributed by atoms with Crippen LogP contribution < -0.4 is 5.32 Å². The molecule has 0 radical (unpaired) electrons. The van der Waals surface area contributed by atoms with E-state index in [4.69, 9.17) is 4.74 Å². The van der Waals surface area contributed by atoms with Crippen LogP contribution in [0.1, 0.15) is 354 Å². The third-order valence-electron chi connectivity index (χ3n) is 15.5. The number of aliphatic hydroxyl groups excluding tert-OH is 2.